The average Bonchev–Trinajstić information content (AvgIpc) is 2.81. The number of ether oxygens (including phenoxy) is 2. The van der Waals surface area contributed by atoms with Gasteiger partial charge in [-0.3, -0.25) is 0 Å². The van der Waals surface area contributed by atoms with Gasteiger partial charge in [0.1, 0.15) is 17.7 Å². The predicted molar refractivity (Wildman–Crippen MR) is 61.3 cm³/mol. The van der Waals surface area contributed by atoms with E-state index in [2.05, 4.69) is 0 Å². The maximum atomic E-state index is 13.2. The Balaban J connectivity index is 1.85. The average molecular weight is 237 g/mol. The number of hydrogen-bond acceptors (Lipinski definition) is 3. The summed E-state index contributed by atoms with van der Waals surface area (Å²) in [4.78, 5) is 0. The SMILES string of the molecule is NC1CC(C2CCOC2)Oc2cc(F)ccc21. The molecule has 0 saturated carbocycles. The van der Waals surface area contributed by atoms with E-state index < -0.39 is 0 Å². The molecule has 1 aromatic carbocycles. The third-order valence-corrected chi connectivity index (χ3v) is 3.63. The van der Waals surface area contributed by atoms with Crippen molar-refractivity contribution in [1.29, 1.82) is 0 Å². The van der Waals surface area contributed by atoms with Crippen molar-refractivity contribution in [3.05, 3.63) is 29.6 Å². The molecule has 92 valence electrons. The summed E-state index contributed by atoms with van der Waals surface area (Å²) >= 11 is 0. The minimum Gasteiger partial charge on any atom is -0.490 e. The van der Waals surface area contributed by atoms with Gasteiger partial charge in [-0.15, -0.1) is 0 Å². The molecular weight excluding hydrogens is 221 g/mol. The van der Waals surface area contributed by atoms with Crippen LogP contribution in [0.15, 0.2) is 18.2 Å². The Kier molecular flexibility index (Phi) is 2.76. The van der Waals surface area contributed by atoms with Crippen LogP contribution in [0.3, 0.4) is 0 Å². The highest BCUT2D eigenvalue weighted by Gasteiger charge is 2.33. The Labute approximate surface area is 99.7 Å². The molecule has 0 aromatic heterocycles. The minimum absolute atomic E-state index is 0.0572. The molecule has 3 unspecified atom stereocenters. The highest BCUT2D eigenvalue weighted by Crippen LogP contribution is 2.37. The van der Waals surface area contributed by atoms with Crippen molar-refractivity contribution in [3.63, 3.8) is 0 Å². The van der Waals surface area contributed by atoms with Crippen LogP contribution in [0.25, 0.3) is 0 Å². The molecule has 0 bridgehead atoms. The van der Waals surface area contributed by atoms with Gasteiger partial charge in [0.15, 0.2) is 0 Å². The largest absolute Gasteiger partial charge is 0.490 e. The minimum atomic E-state index is -0.278. The Bertz CT molecular complexity index is 418. The molecule has 2 aliphatic rings. The quantitative estimate of drug-likeness (QED) is 0.812. The number of benzene rings is 1. The van der Waals surface area contributed by atoms with Gasteiger partial charge in [0.2, 0.25) is 0 Å². The van der Waals surface area contributed by atoms with Crippen molar-refractivity contribution in [2.45, 2.75) is 25.0 Å². The first kappa shape index (κ1) is 11.0. The van der Waals surface area contributed by atoms with Gasteiger partial charge >= 0.3 is 0 Å². The zero-order valence-corrected chi connectivity index (χ0v) is 9.56. The summed E-state index contributed by atoms with van der Waals surface area (Å²) in [5.41, 5.74) is 7.02. The second kappa shape index (κ2) is 4.27. The topological polar surface area (TPSA) is 44.5 Å². The lowest BCUT2D eigenvalue weighted by atomic mass is 9.90. The van der Waals surface area contributed by atoms with Crippen LogP contribution in [0.2, 0.25) is 0 Å². The van der Waals surface area contributed by atoms with Gasteiger partial charge in [-0.05, 0) is 12.5 Å². The molecule has 2 aliphatic heterocycles. The number of rotatable bonds is 1. The molecule has 17 heavy (non-hydrogen) atoms. The maximum Gasteiger partial charge on any atom is 0.127 e. The zero-order chi connectivity index (χ0) is 11.8. The van der Waals surface area contributed by atoms with Crippen molar-refractivity contribution >= 4 is 0 Å². The lowest BCUT2D eigenvalue weighted by Crippen LogP contribution is -2.35. The van der Waals surface area contributed by atoms with Crippen LogP contribution in [-0.2, 0) is 4.74 Å². The molecule has 0 aliphatic carbocycles. The normalized spacial score (nSPS) is 32.0. The monoisotopic (exact) mass is 237 g/mol. The van der Waals surface area contributed by atoms with Crippen LogP contribution < -0.4 is 10.5 Å². The number of halogens is 1. The highest BCUT2D eigenvalue weighted by molar-refractivity contribution is 5.38. The summed E-state index contributed by atoms with van der Waals surface area (Å²) in [7, 11) is 0. The number of hydrogen-bond donors (Lipinski definition) is 1. The molecular formula is C13H16FNO2. The molecule has 2 heterocycles. The Morgan fingerprint density at radius 3 is 3.00 bits per heavy atom. The molecule has 0 spiro atoms. The third kappa shape index (κ3) is 2.03. The summed E-state index contributed by atoms with van der Waals surface area (Å²) in [5.74, 6) is 0.706. The molecule has 1 aromatic rings. The van der Waals surface area contributed by atoms with E-state index in [0.717, 1.165) is 31.6 Å². The second-order valence-electron chi connectivity index (χ2n) is 4.80. The van der Waals surface area contributed by atoms with E-state index in [0.29, 0.717) is 11.7 Å². The predicted octanol–water partition coefficient (Wildman–Crippen LogP) is 2.01. The summed E-state index contributed by atoms with van der Waals surface area (Å²) in [6, 6.07) is 4.51. The van der Waals surface area contributed by atoms with Gasteiger partial charge in [-0.2, -0.15) is 0 Å². The van der Waals surface area contributed by atoms with E-state index in [1.54, 1.807) is 6.07 Å². The van der Waals surface area contributed by atoms with Crippen LogP contribution in [-0.4, -0.2) is 19.3 Å². The fourth-order valence-corrected chi connectivity index (χ4v) is 2.64. The van der Waals surface area contributed by atoms with E-state index >= 15 is 0 Å². The second-order valence-corrected chi connectivity index (χ2v) is 4.80. The Morgan fingerprint density at radius 2 is 2.24 bits per heavy atom. The van der Waals surface area contributed by atoms with Gasteiger partial charge in [0, 0.05) is 36.6 Å². The molecule has 0 amide bonds. The van der Waals surface area contributed by atoms with Crippen LogP contribution in [0.1, 0.15) is 24.4 Å². The molecule has 1 saturated heterocycles. The van der Waals surface area contributed by atoms with Gasteiger partial charge in [-0.1, -0.05) is 6.07 Å². The Morgan fingerprint density at radius 1 is 1.35 bits per heavy atom. The van der Waals surface area contributed by atoms with Gasteiger partial charge in [-0.25, -0.2) is 4.39 Å². The summed E-state index contributed by atoms with van der Waals surface area (Å²) in [6.45, 7) is 1.51. The van der Waals surface area contributed by atoms with E-state index in [1.165, 1.54) is 12.1 Å². The van der Waals surface area contributed by atoms with Gasteiger partial charge < -0.3 is 15.2 Å². The van der Waals surface area contributed by atoms with Crippen LogP contribution in [0, 0.1) is 11.7 Å². The van der Waals surface area contributed by atoms with Crippen molar-refractivity contribution in [3.8, 4) is 5.75 Å². The molecule has 3 atom stereocenters. The molecule has 3 nitrogen and oxygen atoms in total. The molecule has 1 fully saturated rings. The summed E-state index contributed by atoms with van der Waals surface area (Å²) in [6.07, 6.45) is 1.84. The standard InChI is InChI=1S/C13H16FNO2/c14-9-1-2-10-11(15)6-12(17-13(10)5-9)8-3-4-16-7-8/h1-2,5,8,11-12H,3-4,6-7,15H2. The number of nitrogens with two attached hydrogens (primary N) is 1. The third-order valence-electron chi connectivity index (χ3n) is 3.63. The van der Waals surface area contributed by atoms with Crippen LogP contribution in [0.4, 0.5) is 4.39 Å². The molecule has 2 N–H and O–H groups in total. The van der Waals surface area contributed by atoms with Gasteiger partial charge in [0.05, 0.1) is 6.61 Å². The van der Waals surface area contributed by atoms with E-state index in [-0.39, 0.29) is 18.0 Å². The summed E-state index contributed by atoms with van der Waals surface area (Å²) in [5, 5.41) is 0. The van der Waals surface area contributed by atoms with Gasteiger partial charge in [0.25, 0.3) is 0 Å². The van der Waals surface area contributed by atoms with Crippen LogP contribution in [0.5, 0.6) is 5.75 Å². The van der Waals surface area contributed by atoms with E-state index in [4.69, 9.17) is 15.2 Å². The number of fused-ring (bicyclic) bond motifs is 1. The van der Waals surface area contributed by atoms with Crippen molar-refractivity contribution in [1.82, 2.24) is 0 Å². The van der Waals surface area contributed by atoms with E-state index in [9.17, 15) is 4.39 Å². The van der Waals surface area contributed by atoms with Crippen molar-refractivity contribution in [2.24, 2.45) is 11.7 Å². The molecule has 0 radical (unpaired) electrons. The molecule has 3 rings (SSSR count). The highest BCUT2D eigenvalue weighted by atomic mass is 19.1. The van der Waals surface area contributed by atoms with Crippen molar-refractivity contribution in [2.75, 3.05) is 13.2 Å². The first-order chi connectivity index (χ1) is 8.24. The maximum absolute atomic E-state index is 13.2. The Hall–Kier alpha value is -1.13. The smallest absolute Gasteiger partial charge is 0.127 e. The van der Waals surface area contributed by atoms with Crippen LogP contribution >= 0.6 is 0 Å². The first-order valence-corrected chi connectivity index (χ1v) is 6.03. The molecule has 4 heteroatoms. The fraction of sp³-hybridized carbons (Fsp3) is 0.538. The fourth-order valence-electron chi connectivity index (χ4n) is 2.64. The van der Waals surface area contributed by atoms with Crippen molar-refractivity contribution < 1.29 is 13.9 Å². The van der Waals surface area contributed by atoms with E-state index in [1.807, 2.05) is 0 Å². The zero-order valence-electron chi connectivity index (χ0n) is 9.56. The lowest BCUT2D eigenvalue weighted by Gasteiger charge is -2.33. The lowest BCUT2D eigenvalue weighted by molar-refractivity contribution is 0.0851. The first-order valence-electron chi connectivity index (χ1n) is 6.03. The summed E-state index contributed by atoms with van der Waals surface area (Å²) < 4.78 is 24.4.